The van der Waals surface area contributed by atoms with Crippen LogP contribution < -0.4 is 15.7 Å². The second-order valence-electron chi connectivity index (χ2n) is 11.0. The Morgan fingerprint density at radius 1 is 1.07 bits per heavy atom. The van der Waals surface area contributed by atoms with Crippen LogP contribution in [-0.2, 0) is 19.6 Å². The van der Waals surface area contributed by atoms with E-state index >= 15 is 0 Å². The van der Waals surface area contributed by atoms with Crippen molar-refractivity contribution in [3.8, 4) is 22.8 Å². The average Bonchev–Trinajstić information content (AvgIpc) is 3.60. The quantitative estimate of drug-likeness (QED) is 0.222. The summed E-state index contributed by atoms with van der Waals surface area (Å²) < 4.78 is 9.59. The standard InChI is InChI=1S/C33H28BrClN6O4/c34-26-12-5-20(17-27(26)35)32(43)39-15-16-40-28(19-39)29(41(33(40)44)22-6-8-23(9-7-22)45-24-10-11-24)31(42)38-18-21-3-1-2-4-25(21)30-36-13-14-37-30/h1-9,12-14,17,24H,10-11,15-16,18-19H2,(H,36,37)(H,38,42). The fourth-order valence-corrected chi connectivity index (χ4v) is 5.97. The van der Waals surface area contributed by atoms with Crippen molar-refractivity contribution in [2.75, 3.05) is 6.54 Å². The Morgan fingerprint density at radius 3 is 2.60 bits per heavy atom. The first kappa shape index (κ1) is 29.1. The van der Waals surface area contributed by atoms with Crippen LogP contribution in [0.15, 0.2) is 88.4 Å². The first-order valence-corrected chi connectivity index (χ1v) is 15.8. The highest BCUT2D eigenvalue weighted by Gasteiger charge is 2.32. The number of amides is 2. The molecule has 2 aliphatic rings. The van der Waals surface area contributed by atoms with Gasteiger partial charge in [0.1, 0.15) is 17.3 Å². The number of nitrogens with zero attached hydrogens (tertiary/aromatic N) is 4. The highest BCUT2D eigenvalue weighted by molar-refractivity contribution is 9.10. The van der Waals surface area contributed by atoms with Crippen LogP contribution in [0.3, 0.4) is 0 Å². The summed E-state index contributed by atoms with van der Waals surface area (Å²) in [5, 5.41) is 3.44. The zero-order chi connectivity index (χ0) is 31.1. The Morgan fingerprint density at radius 2 is 1.87 bits per heavy atom. The SMILES string of the molecule is O=C(NCc1ccccc1-c1ncc[nH]1)c1c2n(c(=O)n1-c1ccc(OC3CC3)cc1)CCN(C(=O)c1ccc(Br)c(Cl)c1)C2. The molecule has 0 radical (unpaired) electrons. The van der Waals surface area contributed by atoms with E-state index in [0.717, 1.165) is 24.0 Å². The van der Waals surface area contributed by atoms with E-state index < -0.39 is 5.91 Å². The number of aromatic amines is 1. The number of carbonyl (C=O) groups excluding carboxylic acids is 2. The molecule has 2 amide bonds. The lowest BCUT2D eigenvalue weighted by Crippen LogP contribution is -2.41. The third-order valence-electron chi connectivity index (χ3n) is 7.98. The Kier molecular flexibility index (Phi) is 7.80. The van der Waals surface area contributed by atoms with E-state index in [9.17, 15) is 14.4 Å². The van der Waals surface area contributed by atoms with Crippen molar-refractivity contribution in [3.05, 3.63) is 122 Å². The maximum Gasteiger partial charge on any atom is 0.333 e. The summed E-state index contributed by atoms with van der Waals surface area (Å²) in [6.45, 7) is 0.808. The molecule has 1 fully saturated rings. The first-order valence-electron chi connectivity index (χ1n) is 14.6. The van der Waals surface area contributed by atoms with Crippen molar-refractivity contribution in [2.45, 2.75) is 38.6 Å². The fraction of sp³-hybridized carbons (Fsp3) is 0.212. The Balaban J connectivity index is 1.24. The zero-order valence-electron chi connectivity index (χ0n) is 24.0. The van der Waals surface area contributed by atoms with Gasteiger partial charge in [0.15, 0.2) is 0 Å². The summed E-state index contributed by atoms with van der Waals surface area (Å²) in [5.41, 5.74) is 2.95. The molecule has 0 saturated heterocycles. The molecular formula is C33H28BrClN6O4. The lowest BCUT2D eigenvalue weighted by Gasteiger charge is -2.28. The van der Waals surface area contributed by atoms with E-state index in [1.807, 2.05) is 36.4 Å². The van der Waals surface area contributed by atoms with E-state index in [4.69, 9.17) is 16.3 Å². The highest BCUT2D eigenvalue weighted by Crippen LogP contribution is 2.29. The third kappa shape index (κ3) is 5.81. The van der Waals surface area contributed by atoms with Gasteiger partial charge in [-0.1, -0.05) is 35.9 Å². The number of H-pyrrole nitrogens is 1. The van der Waals surface area contributed by atoms with Gasteiger partial charge >= 0.3 is 5.69 Å². The Hall–Kier alpha value is -4.61. The molecule has 2 aromatic heterocycles. The van der Waals surface area contributed by atoms with Gasteiger partial charge in [-0.3, -0.25) is 18.7 Å². The van der Waals surface area contributed by atoms with Crippen molar-refractivity contribution in [1.29, 1.82) is 0 Å². The normalized spacial score (nSPS) is 14.2. The molecule has 5 aromatic rings. The minimum atomic E-state index is -0.436. The second kappa shape index (κ2) is 12.1. The molecule has 2 N–H and O–H groups in total. The van der Waals surface area contributed by atoms with Gasteiger partial charge in [-0.25, -0.2) is 9.78 Å². The molecule has 1 aliphatic carbocycles. The summed E-state index contributed by atoms with van der Waals surface area (Å²) >= 11 is 9.64. The molecule has 228 valence electrons. The van der Waals surface area contributed by atoms with Gasteiger partial charge in [0.25, 0.3) is 11.8 Å². The number of hydrogen-bond acceptors (Lipinski definition) is 5. The van der Waals surface area contributed by atoms with Gasteiger partial charge in [0.05, 0.1) is 29.1 Å². The first-order chi connectivity index (χ1) is 21.9. The molecule has 0 bridgehead atoms. The Bertz CT molecular complexity index is 1960. The van der Waals surface area contributed by atoms with E-state index in [2.05, 4.69) is 31.2 Å². The van der Waals surface area contributed by atoms with Gasteiger partial charge in [0, 0.05) is 47.6 Å². The number of rotatable bonds is 8. The van der Waals surface area contributed by atoms with E-state index in [-0.39, 0.29) is 43.0 Å². The average molecular weight is 688 g/mol. The number of nitrogens with one attached hydrogen (secondary N) is 2. The van der Waals surface area contributed by atoms with Crippen molar-refractivity contribution in [1.82, 2.24) is 29.3 Å². The van der Waals surface area contributed by atoms with Gasteiger partial charge in [-0.2, -0.15) is 0 Å². The van der Waals surface area contributed by atoms with E-state index in [1.165, 1.54) is 4.57 Å². The number of ether oxygens (including phenoxy) is 1. The van der Waals surface area contributed by atoms with Gasteiger partial charge in [-0.05, 0) is 76.8 Å². The smallest absolute Gasteiger partial charge is 0.333 e. The largest absolute Gasteiger partial charge is 0.490 e. The summed E-state index contributed by atoms with van der Waals surface area (Å²) in [6.07, 6.45) is 5.71. The third-order valence-corrected chi connectivity index (χ3v) is 9.21. The summed E-state index contributed by atoms with van der Waals surface area (Å²) in [4.78, 5) is 50.6. The van der Waals surface area contributed by atoms with Crippen LogP contribution in [0.25, 0.3) is 17.1 Å². The van der Waals surface area contributed by atoms with Gasteiger partial charge in [-0.15, -0.1) is 0 Å². The van der Waals surface area contributed by atoms with Gasteiger partial charge < -0.3 is 19.9 Å². The summed E-state index contributed by atoms with van der Waals surface area (Å²) in [5.74, 6) is 0.725. The number of imidazole rings is 2. The van der Waals surface area contributed by atoms with E-state index in [0.29, 0.717) is 44.6 Å². The summed E-state index contributed by atoms with van der Waals surface area (Å²) in [6, 6.07) is 19.9. The van der Waals surface area contributed by atoms with Crippen LogP contribution in [0.4, 0.5) is 0 Å². The van der Waals surface area contributed by atoms with Crippen LogP contribution in [0, 0.1) is 0 Å². The molecule has 0 spiro atoms. The second-order valence-corrected chi connectivity index (χ2v) is 12.3. The lowest BCUT2D eigenvalue weighted by atomic mass is 10.1. The fourth-order valence-electron chi connectivity index (χ4n) is 5.55. The molecule has 1 aliphatic heterocycles. The van der Waals surface area contributed by atoms with Crippen molar-refractivity contribution in [3.63, 3.8) is 0 Å². The molecule has 3 heterocycles. The molecule has 0 atom stereocenters. The highest BCUT2D eigenvalue weighted by atomic mass is 79.9. The minimum Gasteiger partial charge on any atom is -0.490 e. The van der Waals surface area contributed by atoms with Crippen LogP contribution >= 0.6 is 27.5 Å². The van der Waals surface area contributed by atoms with Crippen LogP contribution in [0.2, 0.25) is 5.02 Å². The van der Waals surface area contributed by atoms with Gasteiger partial charge in [0.2, 0.25) is 0 Å². The van der Waals surface area contributed by atoms with Crippen molar-refractivity contribution in [2.24, 2.45) is 0 Å². The molecule has 45 heavy (non-hydrogen) atoms. The maximum atomic E-state index is 14.1. The number of carbonyl (C=O) groups is 2. The number of aromatic nitrogens is 4. The predicted molar refractivity (Wildman–Crippen MR) is 173 cm³/mol. The molecule has 0 unspecified atom stereocenters. The summed E-state index contributed by atoms with van der Waals surface area (Å²) in [7, 11) is 0. The molecular weight excluding hydrogens is 660 g/mol. The maximum absolute atomic E-state index is 14.1. The van der Waals surface area contributed by atoms with Crippen LogP contribution in [-0.4, -0.2) is 48.5 Å². The van der Waals surface area contributed by atoms with Crippen molar-refractivity contribution < 1.29 is 14.3 Å². The van der Waals surface area contributed by atoms with Crippen LogP contribution in [0.1, 0.15) is 44.9 Å². The number of hydrogen-bond donors (Lipinski definition) is 2. The molecule has 1 saturated carbocycles. The minimum absolute atomic E-state index is 0.0728. The number of fused-ring (bicyclic) bond motifs is 1. The zero-order valence-corrected chi connectivity index (χ0v) is 26.3. The van der Waals surface area contributed by atoms with E-state index in [1.54, 1.807) is 52.2 Å². The Labute approximate surface area is 271 Å². The number of halogens is 2. The molecule has 10 nitrogen and oxygen atoms in total. The molecule has 7 rings (SSSR count). The molecule has 3 aromatic carbocycles. The predicted octanol–water partition coefficient (Wildman–Crippen LogP) is 5.57. The monoisotopic (exact) mass is 686 g/mol. The molecule has 12 heteroatoms. The van der Waals surface area contributed by atoms with Crippen LogP contribution in [0.5, 0.6) is 5.75 Å². The number of benzene rings is 3. The topological polar surface area (TPSA) is 114 Å². The lowest BCUT2D eigenvalue weighted by molar-refractivity contribution is 0.0706. The van der Waals surface area contributed by atoms with Crippen molar-refractivity contribution >= 4 is 39.3 Å².